The standard InChI is InChI=1S/C13H11N5O2S/c19-12-5-9(1-3-14-12)13(20)15-6-10-7-18(17-16-10)11-2-4-21-8-11/h1-5,7-8H,6H2,(H,14,19)(H,15,20). The molecule has 3 rings (SSSR count). The van der Waals surface area contributed by atoms with E-state index < -0.39 is 0 Å². The van der Waals surface area contributed by atoms with Gasteiger partial charge in [-0.05, 0) is 17.5 Å². The number of aromatic amines is 1. The Labute approximate surface area is 123 Å². The molecule has 0 saturated carbocycles. The third kappa shape index (κ3) is 3.06. The van der Waals surface area contributed by atoms with Gasteiger partial charge in [-0.25, -0.2) is 4.68 Å². The molecule has 2 N–H and O–H groups in total. The number of amides is 1. The Hall–Kier alpha value is -2.74. The number of pyridine rings is 1. The summed E-state index contributed by atoms with van der Waals surface area (Å²) in [6.07, 6.45) is 3.18. The summed E-state index contributed by atoms with van der Waals surface area (Å²) < 4.78 is 1.64. The van der Waals surface area contributed by atoms with Gasteiger partial charge in [-0.2, -0.15) is 11.3 Å². The van der Waals surface area contributed by atoms with E-state index in [1.54, 1.807) is 28.3 Å². The number of thiophene rings is 1. The van der Waals surface area contributed by atoms with Crippen molar-refractivity contribution in [2.45, 2.75) is 6.54 Å². The topological polar surface area (TPSA) is 92.7 Å². The van der Waals surface area contributed by atoms with Crippen molar-refractivity contribution in [3.63, 3.8) is 0 Å². The smallest absolute Gasteiger partial charge is 0.251 e. The van der Waals surface area contributed by atoms with E-state index in [0.29, 0.717) is 11.3 Å². The number of hydrogen-bond acceptors (Lipinski definition) is 5. The predicted octanol–water partition coefficient (Wildman–Crippen LogP) is 0.947. The molecule has 0 spiro atoms. The number of nitrogens with zero attached hydrogens (tertiary/aromatic N) is 3. The van der Waals surface area contributed by atoms with Crippen molar-refractivity contribution in [2.24, 2.45) is 0 Å². The van der Waals surface area contributed by atoms with E-state index in [1.807, 2.05) is 16.8 Å². The molecule has 0 aliphatic rings. The summed E-state index contributed by atoms with van der Waals surface area (Å²) in [6, 6.07) is 4.72. The molecule has 0 saturated heterocycles. The summed E-state index contributed by atoms with van der Waals surface area (Å²) in [4.78, 5) is 25.5. The lowest BCUT2D eigenvalue weighted by Crippen LogP contribution is -2.24. The number of H-pyrrole nitrogens is 1. The predicted molar refractivity (Wildman–Crippen MR) is 77.5 cm³/mol. The molecule has 3 aromatic heterocycles. The Morgan fingerprint density at radius 3 is 3.10 bits per heavy atom. The molecule has 0 radical (unpaired) electrons. The molecule has 0 aromatic carbocycles. The molecular weight excluding hydrogens is 290 g/mol. The van der Waals surface area contributed by atoms with Crippen molar-refractivity contribution < 1.29 is 4.79 Å². The first kappa shape index (κ1) is 13.3. The van der Waals surface area contributed by atoms with Crippen LogP contribution in [0.5, 0.6) is 0 Å². The second kappa shape index (κ2) is 5.71. The number of rotatable bonds is 4. The highest BCUT2D eigenvalue weighted by molar-refractivity contribution is 7.08. The highest BCUT2D eigenvalue weighted by Crippen LogP contribution is 2.10. The van der Waals surface area contributed by atoms with E-state index in [-0.39, 0.29) is 18.0 Å². The van der Waals surface area contributed by atoms with Crippen molar-refractivity contribution in [1.29, 1.82) is 0 Å². The zero-order chi connectivity index (χ0) is 14.7. The van der Waals surface area contributed by atoms with Gasteiger partial charge in [0.25, 0.3) is 5.91 Å². The highest BCUT2D eigenvalue weighted by Gasteiger charge is 2.08. The van der Waals surface area contributed by atoms with Crippen molar-refractivity contribution >= 4 is 17.2 Å². The second-order valence-electron chi connectivity index (χ2n) is 4.26. The zero-order valence-electron chi connectivity index (χ0n) is 10.8. The maximum absolute atomic E-state index is 11.9. The van der Waals surface area contributed by atoms with E-state index in [4.69, 9.17) is 0 Å². The molecular formula is C13H11N5O2S. The third-order valence-electron chi connectivity index (χ3n) is 2.78. The largest absolute Gasteiger partial charge is 0.346 e. The first-order valence-electron chi connectivity index (χ1n) is 6.13. The van der Waals surface area contributed by atoms with Gasteiger partial charge in [0.1, 0.15) is 5.69 Å². The molecule has 0 aliphatic carbocycles. The quantitative estimate of drug-likeness (QED) is 0.750. The molecule has 0 bridgehead atoms. The summed E-state index contributed by atoms with van der Waals surface area (Å²) in [7, 11) is 0. The third-order valence-corrected chi connectivity index (χ3v) is 3.45. The van der Waals surface area contributed by atoms with Gasteiger partial charge < -0.3 is 10.3 Å². The molecule has 0 fully saturated rings. The number of nitrogens with one attached hydrogen (secondary N) is 2. The lowest BCUT2D eigenvalue weighted by atomic mass is 10.2. The van der Waals surface area contributed by atoms with E-state index in [1.165, 1.54) is 12.3 Å². The van der Waals surface area contributed by atoms with Crippen LogP contribution in [0.1, 0.15) is 16.1 Å². The van der Waals surface area contributed by atoms with Crippen molar-refractivity contribution in [3.05, 3.63) is 63.0 Å². The van der Waals surface area contributed by atoms with Gasteiger partial charge in [0.15, 0.2) is 0 Å². The van der Waals surface area contributed by atoms with Crippen LogP contribution in [0.4, 0.5) is 0 Å². The lowest BCUT2D eigenvalue weighted by Gasteiger charge is -2.01. The van der Waals surface area contributed by atoms with Crippen molar-refractivity contribution in [2.75, 3.05) is 0 Å². The average Bonchev–Trinajstić information content (AvgIpc) is 3.15. The van der Waals surface area contributed by atoms with Gasteiger partial charge in [-0.3, -0.25) is 9.59 Å². The maximum atomic E-state index is 11.9. The van der Waals surface area contributed by atoms with Crippen LogP contribution in [-0.4, -0.2) is 25.9 Å². The van der Waals surface area contributed by atoms with Gasteiger partial charge in [-0.1, -0.05) is 5.21 Å². The normalized spacial score (nSPS) is 10.5. The van der Waals surface area contributed by atoms with E-state index in [9.17, 15) is 9.59 Å². The fraction of sp³-hybridized carbons (Fsp3) is 0.0769. The first-order chi connectivity index (χ1) is 10.2. The SMILES string of the molecule is O=C(NCc1cn(-c2ccsc2)nn1)c1cc[nH]c(=O)c1. The first-order valence-corrected chi connectivity index (χ1v) is 7.07. The van der Waals surface area contributed by atoms with Crippen LogP contribution in [-0.2, 0) is 6.54 Å². The monoisotopic (exact) mass is 301 g/mol. The van der Waals surface area contributed by atoms with Crippen LogP contribution >= 0.6 is 11.3 Å². The Morgan fingerprint density at radius 1 is 1.43 bits per heavy atom. The second-order valence-corrected chi connectivity index (χ2v) is 5.04. The molecule has 3 heterocycles. The van der Waals surface area contributed by atoms with Crippen molar-refractivity contribution in [3.8, 4) is 5.69 Å². The van der Waals surface area contributed by atoms with Crippen LogP contribution in [0.3, 0.4) is 0 Å². The van der Waals surface area contributed by atoms with Crippen LogP contribution < -0.4 is 10.9 Å². The number of hydrogen-bond donors (Lipinski definition) is 2. The van der Waals surface area contributed by atoms with Gasteiger partial charge in [0.2, 0.25) is 5.56 Å². The molecule has 1 amide bonds. The molecule has 8 heteroatoms. The number of carbonyl (C=O) groups excluding carboxylic acids is 1. The van der Waals surface area contributed by atoms with E-state index in [0.717, 1.165) is 5.69 Å². The van der Waals surface area contributed by atoms with Crippen LogP contribution in [0.2, 0.25) is 0 Å². The fourth-order valence-electron chi connectivity index (χ4n) is 1.75. The Bertz CT molecular complexity index is 806. The Kier molecular flexibility index (Phi) is 3.61. The van der Waals surface area contributed by atoms with Crippen molar-refractivity contribution in [1.82, 2.24) is 25.3 Å². The average molecular weight is 301 g/mol. The lowest BCUT2D eigenvalue weighted by molar-refractivity contribution is 0.0950. The Morgan fingerprint density at radius 2 is 2.33 bits per heavy atom. The van der Waals surface area contributed by atoms with E-state index >= 15 is 0 Å². The van der Waals surface area contributed by atoms with Gasteiger partial charge in [0.05, 0.1) is 18.4 Å². The summed E-state index contributed by atoms with van der Waals surface area (Å²) in [5, 5.41) is 14.6. The summed E-state index contributed by atoms with van der Waals surface area (Å²) in [5.41, 5.74) is 1.56. The van der Waals surface area contributed by atoms with Crippen LogP contribution in [0.15, 0.2) is 46.1 Å². The van der Waals surface area contributed by atoms with Gasteiger partial charge in [-0.15, -0.1) is 5.10 Å². The van der Waals surface area contributed by atoms with Crippen LogP contribution in [0, 0.1) is 0 Å². The minimum atomic E-state index is -0.328. The highest BCUT2D eigenvalue weighted by atomic mass is 32.1. The molecule has 106 valence electrons. The van der Waals surface area contributed by atoms with Crippen LogP contribution in [0.25, 0.3) is 5.69 Å². The molecule has 21 heavy (non-hydrogen) atoms. The molecule has 7 nitrogen and oxygen atoms in total. The minimum absolute atomic E-state index is 0.246. The molecule has 0 aliphatic heterocycles. The van der Waals surface area contributed by atoms with Gasteiger partial charge >= 0.3 is 0 Å². The zero-order valence-corrected chi connectivity index (χ0v) is 11.6. The summed E-state index contributed by atoms with van der Waals surface area (Å²) in [5.74, 6) is -0.328. The number of aromatic nitrogens is 4. The maximum Gasteiger partial charge on any atom is 0.251 e. The summed E-state index contributed by atoms with van der Waals surface area (Å²) >= 11 is 1.57. The Balaban J connectivity index is 1.65. The number of carbonyl (C=O) groups is 1. The summed E-state index contributed by atoms with van der Waals surface area (Å²) in [6.45, 7) is 0.246. The van der Waals surface area contributed by atoms with Gasteiger partial charge in [0, 0.05) is 23.2 Å². The molecule has 0 atom stereocenters. The fourth-order valence-corrected chi connectivity index (χ4v) is 2.37. The minimum Gasteiger partial charge on any atom is -0.346 e. The molecule has 0 unspecified atom stereocenters. The van der Waals surface area contributed by atoms with E-state index in [2.05, 4.69) is 20.6 Å². The molecule has 3 aromatic rings.